The predicted octanol–water partition coefficient (Wildman–Crippen LogP) is 5.06. The van der Waals surface area contributed by atoms with Crippen LogP contribution in [0.15, 0.2) is 24.3 Å². The highest BCUT2D eigenvalue weighted by Gasteiger charge is 2.66. The summed E-state index contributed by atoms with van der Waals surface area (Å²) >= 11 is 0. The quantitative estimate of drug-likeness (QED) is 0.688. The van der Waals surface area contributed by atoms with Crippen molar-refractivity contribution >= 4 is 5.91 Å². The van der Waals surface area contributed by atoms with Crippen molar-refractivity contribution < 1.29 is 4.79 Å². The Kier molecular flexibility index (Phi) is 3.86. The number of piperidine rings is 1. The summed E-state index contributed by atoms with van der Waals surface area (Å²) in [5.41, 5.74) is 4.24. The summed E-state index contributed by atoms with van der Waals surface area (Å²) in [5.74, 6) is 2.56. The van der Waals surface area contributed by atoms with Gasteiger partial charge in [-0.1, -0.05) is 24.3 Å². The Labute approximate surface area is 181 Å². The van der Waals surface area contributed by atoms with Crippen molar-refractivity contribution in [3.63, 3.8) is 0 Å². The molecule has 1 aromatic rings. The third kappa shape index (κ3) is 2.45. The molecule has 3 nitrogen and oxygen atoms in total. The maximum Gasteiger partial charge on any atom is 0.223 e. The monoisotopic (exact) mass is 404 g/mol. The number of carbonyl (C=O) groups excluding carboxylic acids is 1. The second-order valence-corrected chi connectivity index (χ2v) is 11.7. The molecule has 5 atom stereocenters. The van der Waals surface area contributed by atoms with E-state index in [-0.39, 0.29) is 0 Å². The number of hydrogen-bond donors (Lipinski definition) is 0. The lowest BCUT2D eigenvalue weighted by atomic mass is 9.63. The normalized spacial score (nSPS) is 41.7. The van der Waals surface area contributed by atoms with Crippen molar-refractivity contribution in [2.75, 3.05) is 19.6 Å². The Morgan fingerprint density at radius 1 is 0.900 bits per heavy atom. The van der Waals surface area contributed by atoms with Crippen molar-refractivity contribution in [3.8, 4) is 0 Å². The van der Waals surface area contributed by atoms with Crippen LogP contribution in [0.25, 0.3) is 0 Å². The van der Waals surface area contributed by atoms with Gasteiger partial charge >= 0.3 is 0 Å². The zero-order valence-corrected chi connectivity index (χ0v) is 18.3. The van der Waals surface area contributed by atoms with Crippen LogP contribution in [-0.4, -0.2) is 41.4 Å². The fraction of sp³-hybridized carbons (Fsp3) is 0.741. The highest BCUT2D eigenvalue weighted by molar-refractivity contribution is 5.78. The average molecular weight is 405 g/mol. The van der Waals surface area contributed by atoms with Crippen LogP contribution < -0.4 is 0 Å². The first kappa shape index (κ1) is 18.2. The third-order valence-corrected chi connectivity index (χ3v) is 10.7. The summed E-state index contributed by atoms with van der Waals surface area (Å²) in [6.07, 6.45) is 14.5. The van der Waals surface area contributed by atoms with Crippen LogP contribution in [0.5, 0.6) is 0 Å². The Balaban J connectivity index is 1.10. The van der Waals surface area contributed by atoms with Gasteiger partial charge in [-0.15, -0.1) is 0 Å². The van der Waals surface area contributed by atoms with Crippen molar-refractivity contribution in [2.45, 2.75) is 88.1 Å². The molecule has 6 aliphatic rings. The highest BCUT2D eigenvalue weighted by Crippen LogP contribution is 2.73. The number of fused-ring (bicyclic) bond motifs is 2. The Hall–Kier alpha value is -1.35. The van der Waals surface area contributed by atoms with Crippen molar-refractivity contribution in [2.24, 2.45) is 17.3 Å². The molecule has 2 heterocycles. The lowest BCUT2D eigenvalue weighted by molar-refractivity contribution is -0.130. The molecule has 3 saturated carbocycles. The van der Waals surface area contributed by atoms with Gasteiger partial charge in [-0.2, -0.15) is 0 Å². The minimum Gasteiger partial charge on any atom is -0.336 e. The van der Waals surface area contributed by atoms with Crippen LogP contribution in [0.1, 0.15) is 87.8 Å². The van der Waals surface area contributed by atoms with E-state index in [9.17, 15) is 4.79 Å². The molecule has 1 aromatic carbocycles. The number of carbonyl (C=O) groups is 1. The van der Waals surface area contributed by atoms with Crippen LogP contribution in [0.4, 0.5) is 0 Å². The minimum atomic E-state index is 0.333. The Bertz CT molecular complexity index is 871. The summed E-state index contributed by atoms with van der Waals surface area (Å²) < 4.78 is 0. The summed E-state index contributed by atoms with van der Waals surface area (Å²) in [4.78, 5) is 17.6. The smallest absolute Gasteiger partial charge is 0.223 e. The van der Waals surface area contributed by atoms with E-state index in [1.54, 1.807) is 12.0 Å². The van der Waals surface area contributed by atoms with Crippen LogP contribution in [0.3, 0.4) is 0 Å². The summed E-state index contributed by atoms with van der Waals surface area (Å²) in [6.45, 7) is 3.55. The fourth-order valence-corrected chi connectivity index (χ4v) is 9.01. The van der Waals surface area contributed by atoms with Crippen molar-refractivity contribution in [1.29, 1.82) is 0 Å². The molecule has 3 heteroatoms. The summed E-state index contributed by atoms with van der Waals surface area (Å²) in [7, 11) is 0. The molecule has 4 aliphatic carbocycles. The maximum absolute atomic E-state index is 12.5. The number of amides is 1. The predicted molar refractivity (Wildman–Crippen MR) is 118 cm³/mol. The van der Waals surface area contributed by atoms with E-state index >= 15 is 0 Å². The molecule has 0 N–H and O–H groups in total. The molecule has 5 fully saturated rings. The van der Waals surface area contributed by atoms with E-state index in [1.165, 1.54) is 70.0 Å². The number of rotatable bonds is 2. The first-order valence-electron chi connectivity index (χ1n) is 12.8. The zero-order valence-electron chi connectivity index (χ0n) is 18.3. The molecule has 2 unspecified atom stereocenters. The van der Waals surface area contributed by atoms with Gasteiger partial charge in [0.15, 0.2) is 0 Å². The number of benzene rings is 1. The van der Waals surface area contributed by atoms with Gasteiger partial charge in [0.25, 0.3) is 0 Å². The van der Waals surface area contributed by atoms with E-state index in [2.05, 4.69) is 34.1 Å². The molecular formula is C27H36N2O. The Morgan fingerprint density at radius 2 is 1.73 bits per heavy atom. The first-order valence-corrected chi connectivity index (χ1v) is 12.8. The lowest BCUT2D eigenvalue weighted by Crippen LogP contribution is -2.49. The van der Waals surface area contributed by atoms with Gasteiger partial charge < -0.3 is 9.80 Å². The van der Waals surface area contributed by atoms with E-state index in [0.717, 1.165) is 42.7 Å². The van der Waals surface area contributed by atoms with E-state index in [4.69, 9.17) is 0 Å². The standard InChI is InChI=1S/C27H36N2O/c30-25-6-3-13-29(25)24-9-10-26(23-5-2-1-4-22(23)24)11-14-28(15-12-26)21-16-19-7-8-20-17-27(19,20)18-21/h1-2,4-5,19-21,24H,3,6-18H2/t19-,20?,21+,24-,27?/m0/s1. The minimum absolute atomic E-state index is 0.333. The molecule has 160 valence electrons. The molecule has 2 aliphatic heterocycles. The molecule has 0 aromatic heterocycles. The van der Waals surface area contributed by atoms with Gasteiger partial charge in [-0.25, -0.2) is 0 Å². The molecule has 2 saturated heterocycles. The number of likely N-dealkylation sites (tertiary alicyclic amines) is 2. The van der Waals surface area contributed by atoms with E-state index < -0.39 is 0 Å². The number of hydrogen-bond acceptors (Lipinski definition) is 2. The SMILES string of the molecule is O=C1CCCN1[C@H]1CCC2(CCN([C@@H]3C[C@@H]4CCC5CC54C3)CC2)c2ccccc21. The molecular weight excluding hydrogens is 368 g/mol. The fourth-order valence-electron chi connectivity index (χ4n) is 9.01. The molecule has 7 rings (SSSR count). The lowest BCUT2D eigenvalue weighted by Gasteiger charge is -2.49. The summed E-state index contributed by atoms with van der Waals surface area (Å²) in [6, 6.07) is 10.4. The van der Waals surface area contributed by atoms with Gasteiger partial charge in [0.2, 0.25) is 5.91 Å². The maximum atomic E-state index is 12.5. The Morgan fingerprint density at radius 3 is 2.50 bits per heavy atom. The molecule has 1 amide bonds. The van der Waals surface area contributed by atoms with Crippen LogP contribution in [0.2, 0.25) is 0 Å². The van der Waals surface area contributed by atoms with E-state index in [0.29, 0.717) is 17.4 Å². The van der Waals surface area contributed by atoms with Crippen LogP contribution in [-0.2, 0) is 10.2 Å². The molecule has 0 bridgehead atoms. The van der Waals surface area contributed by atoms with Gasteiger partial charge in [0.1, 0.15) is 0 Å². The zero-order chi connectivity index (χ0) is 19.9. The second-order valence-electron chi connectivity index (χ2n) is 11.7. The van der Waals surface area contributed by atoms with Crippen molar-refractivity contribution in [3.05, 3.63) is 35.4 Å². The molecule has 30 heavy (non-hydrogen) atoms. The third-order valence-electron chi connectivity index (χ3n) is 10.7. The largest absolute Gasteiger partial charge is 0.336 e. The van der Waals surface area contributed by atoms with Gasteiger partial charge in [-0.05, 0) is 111 Å². The van der Waals surface area contributed by atoms with E-state index in [1.807, 2.05) is 0 Å². The average Bonchev–Trinajstić information content (AvgIpc) is 3.06. The van der Waals surface area contributed by atoms with Crippen LogP contribution >= 0.6 is 0 Å². The number of nitrogens with zero attached hydrogens (tertiary/aromatic N) is 2. The van der Waals surface area contributed by atoms with Crippen molar-refractivity contribution in [1.82, 2.24) is 9.80 Å². The highest BCUT2D eigenvalue weighted by atomic mass is 16.2. The topological polar surface area (TPSA) is 23.6 Å². The molecule has 2 spiro atoms. The second kappa shape index (κ2) is 6.34. The van der Waals surface area contributed by atoms with Crippen LogP contribution in [0, 0.1) is 17.3 Å². The summed E-state index contributed by atoms with van der Waals surface area (Å²) in [5, 5.41) is 0. The molecule has 0 radical (unpaired) electrons. The first-order chi connectivity index (χ1) is 14.7. The van der Waals surface area contributed by atoms with Gasteiger partial charge in [0, 0.05) is 19.0 Å². The van der Waals surface area contributed by atoms with Gasteiger partial charge in [-0.3, -0.25) is 4.79 Å². The van der Waals surface area contributed by atoms with Gasteiger partial charge in [0.05, 0.1) is 6.04 Å².